The molecule has 1 atom stereocenters. The van der Waals surface area contributed by atoms with Crippen LogP contribution >= 0.6 is 0 Å². The largest absolute Gasteiger partial charge is 0.489 e. The Kier molecular flexibility index (Phi) is 5.85. The van der Waals surface area contributed by atoms with Crippen molar-refractivity contribution >= 4 is 22.8 Å². The SMILES string of the molecule is Nc1ccc(CCN(C[C@@H](O)COc2cccc3[nH]c(=O)[nH]c23)C(=O)O)cc1. The molecule has 2 aromatic carbocycles. The third-order valence-corrected chi connectivity index (χ3v) is 4.30. The smallest absolute Gasteiger partial charge is 0.407 e. The lowest BCUT2D eigenvalue weighted by Gasteiger charge is -2.22. The van der Waals surface area contributed by atoms with Crippen LogP contribution in [0.2, 0.25) is 0 Å². The van der Waals surface area contributed by atoms with Gasteiger partial charge in [-0.1, -0.05) is 18.2 Å². The van der Waals surface area contributed by atoms with E-state index in [1.54, 1.807) is 30.3 Å². The molecule has 28 heavy (non-hydrogen) atoms. The third kappa shape index (κ3) is 4.83. The van der Waals surface area contributed by atoms with E-state index in [1.165, 1.54) is 0 Å². The summed E-state index contributed by atoms with van der Waals surface area (Å²) in [5.74, 6) is 0.402. The second-order valence-electron chi connectivity index (χ2n) is 6.44. The maximum atomic E-state index is 11.5. The van der Waals surface area contributed by atoms with Crippen molar-refractivity contribution in [3.8, 4) is 5.75 Å². The second kappa shape index (κ2) is 8.49. The molecule has 9 heteroatoms. The van der Waals surface area contributed by atoms with Gasteiger partial charge in [0.15, 0.2) is 0 Å². The molecule has 9 nitrogen and oxygen atoms in total. The van der Waals surface area contributed by atoms with E-state index in [1.807, 2.05) is 12.1 Å². The van der Waals surface area contributed by atoms with E-state index in [9.17, 15) is 19.8 Å². The first kappa shape index (κ1) is 19.3. The van der Waals surface area contributed by atoms with Crippen LogP contribution in [-0.2, 0) is 6.42 Å². The molecular formula is C19H22N4O5. The maximum Gasteiger partial charge on any atom is 0.407 e. The molecule has 0 saturated carbocycles. The van der Waals surface area contributed by atoms with Gasteiger partial charge in [0.2, 0.25) is 0 Å². The minimum absolute atomic E-state index is 0.0933. The van der Waals surface area contributed by atoms with Crippen LogP contribution in [0.25, 0.3) is 11.0 Å². The van der Waals surface area contributed by atoms with Crippen molar-refractivity contribution in [2.45, 2.75) is 12.5 Å². The van der Waals surface area contributed by atoms with Gasteiger partial charge >= 0.3 is 11.8 Å². The van der Waals surface area contributed by atoms with Crippen LogP contribution in [0.3, 0.4) is 0 Å². The first-order valence-electron chi connectivity index (χ1n) is 8.76. The van der Waals surface area contributed by atoms with Gasteiger partial charge in [0.1, 0.15) is 24.0 Å². The third-order valence-electron chi connectivity index (χ3n) is 4.30. The normalized spacial score (nSPS) is 12.0. The molecule has 0 saturated heterocycles. The molecule has 0 fully saturated rings. The summed E-state index contributed by atoms with van der Waals surface area (Å²) >= 11 is 0. The number of nitrogens with one attached hydrogen (secondary N) is 2. The van der Waals surface area contributed by atoms with E-state index in [0.717, 1.165) is 10.5 Å². The summed E-state index contributed by atoms with van der Waals surface area (Å²) in [6.45, 7) is 0.0267. The number of imidazole rings is 1. The first-order chi connectivity index (χ1) is 13.4. The number of ether oxygens (including phenoxy) is 1. The Morgan fingerprint density at radius 1 is 1.18 bits per heavy atom. The highest BCUT2D eigenvalue weighted by molar-refractivity contribution is 5.81. The number of rotatable bonds is 8. The summed E-state index contributed by atoms with van der Waals surface area (Å²) < 4.78 is 5.58. The molecule has 0 radical (unpaired) electrons. The van der Waals surface area contributed by atoms with Gasteiger partial charge in [0.05, 0.1) is 12.1 Å². The molecule has 6 N–H and O–H groups in total. The predicted molar refractivity (Wildman–Crippen MR) is 105 cm³/mol. The Balaban J connectivity index is 1.56. The minimum atomic E-state index is -1.12. The van der Waals surface area contributed by atoms with Crippen molar-refractivity contribution in [2.24, 2.45) is 0 Å². The summed E-state index contributed by atoms with van der Waals surface area (Å²) in [6, 6.07) is 12.3. The van der Waals surface area contributed by atoms with Crippen molar-refractivity contribution in [2.75, 3.05) is 25.4 Å². The number of aliphatic hydroxyl groups is 1. The van der Waals surface area contributed by atoms with Gasteiger partial charge in [0, 0.05) is 12.2 Å². The van der Waals surface area contributed by atoms with Gasteiger partial charge in [0.25, 0.3) is 0 Å². The van der Waals surface area contributed by atoms with Crippen molar-refractivity contribution < 1.29 is 19.7 Å². The molecule has 3 aromatic rings. The number of carbonyl (C=O) groups is 1. The van der Waals surface area contributed by atoms with Crippen LogP contribution in [0.4, 0.5) is 10.5 Å². The van der Waals surface area contributed by atoms with E-state index in [-0.39, 0.29) is 25.4 Å². The number of aromatic amines is 2. The Morgan fingerprint density at radius 2 is 1.93 bits per heavy atom. The van der Waals surface area contributed by atoms with Gasteiger partial charge in [-0.25, -0.2) is 9.59 Å². The molecule has 0 spiro atoms. The van der Waals surface area contributed by atoms with Gasteiger partial charge in [-0.15, -0.1) is 0 Å². The molecule has 1 aromatic heterocycles. The van der Waals surface area contributed by atoms with E-state index < -0.39 is 12.2 Å². The lowest BCUT2D eigenvalue weighted by molar-refractivity contribution is 0.0659. The Morgan fingerprint density at radius 3 is 2.64 bits per heavy atom. The van der Waals surface area contributed by atoms with Gasteiger partial charge in [-0.05, 0) is 36.2 Å². The van der Waals surface area contributed by atoms with Crippen molar-refractivity contribution in [3.05, 3.63) is 58.5 Å². The predicted octanol–water partition coefficient (Wildman–Crippen LogP) is 1.40. The summed E-state index contributed by atoms with van der Waals surface area (Å²) in [7, 11) is 0. The number of nitrogen functional groups attached to an aromatic ring is 1. The number of nitrogens with two attached hydrogens (primary N) is 1. The molecule has 0 aliphatic heterocycles. The number of aliphatic hydroxyl groups excluding tert-OH is 1. The average Bonchev–Trinajstić information content (AvgIpc) is 3.05. The second-order valence-corrected chi connectivity index (χ2v) is 6.44. The van der Waals surface area contributed by atoms with E-state index >= 15 is 0 Å². The number of nitrogens with zero attached hydrogens (tertiary/aromatic N) is 1. The maximum absolute atomic E-state index is 11.5. The summed E-state index contributed by atoms with van der Waals surface area (Å²) in [5.41, 5.74) is 7.97. The highest BCUT2D eigenvalue weighted by Gasteiger charge is 2.18. The van der Waals surface area contributed by atoms with E-state index in [2.05, 4.69) is 9.97 Å². The van der Waals surface area contributed by atoms with Crippen LogP contribution < -0.4 is 16.2 Å². The number of amides is 1. The van der Waals surface area contributed by atoms with Crippen LogP contribution in [0.5, 0.6) is 5.75 Å². The van der Waals surface area contributed by atoms with Crippen molar-refractivity contribution in [3.63, 3.8) is 0 Å². The zero-order valence-electron chi connectivity index (χ0n) is 15.1. The molecule has 148 valence electrons. The standard InChI is InChI=1S/C19H22N4O5/c20-13-6-4-12(5-7-13)8-9-23(19(26)27)10-14(24)11-28-16-3-1-2-15-17(16)22-18(25)21-15/h1-7,14,24H,8-11,20H2,(H,26,27)(H2,21,22,25)/t14-/m1/s1. The highest BCUT2D eigenvalue weighted by Crippen LogP contribution is 2.21. The fourth-order valence-electron chi connectivity index (χ4n) is 2.86. The van der Waals surface area contributed by atoms with Crippen LogP contribution in [0, 0.1) is 0 Å². The average molecular weight is 386 g/mol. The Labute approximate surface area is 160 Å². The fourth-order valence-corrected chi connectivity index (χ4v) is 2.86. The fraction of sp³-hybridized carbons (Fsp3) is 0.263. The Bertz CT molecular complexity index is 995. The minimum Gasteiger partial charge on any atom is -0.489 e. The summed E-state index contributed by atoms with van der Waals surface area (Å²) in [5, 5.41) is 19.6. The number of carboxylic acid groups (broad SMARTS) is 1. The number of para-hydroxylation sites is 1. The van der Waals surface area contributed by atoms with Gasteiger partial charge in [-0.2, -0.15) is 0 Å². The van der Waals surface area contributed by atoms with E-state index in [4.69, 9.17) is 10.5 Å². The highest BCUT2D eigenvalue weighted by atomic mass is 16.5. The zero-order chi connectivity index (χ0) is 20.1. The number of H-pyrrole nitrogens is 2. The molecule has 3 rings (SSSR count). The number of fused-ring (bicyclic) bond motifs is 1. The zero-order valence-corrected chi connectivity index (χ0v) is 15.1. The van der Waals surface area contributed by atoms with Gasteiger partial charge in [-0.3, -0.25) is 0 Å². The van der Waals surface area contributed by atoms with Crippen molar-refractivity contribution in [1.82, 2.24) is 14.9 Å². The molecule has 0 unspecified atom stereocenters. The molecule has 1 amide bonds. The van der Waals surface area contributed by atoms with Crippen LogP contribution in [0.1, 0.15) is 5.56 Å². The van der Waals surface area contributed by atoms with E-state index in [0.29, 0.717) is 28.9 Å². The number of benzene rings is 2. The summed E-state index contributed by atoms with van der Waals surface area (Å²) in [6.07, 6.45) is -1.64. The number of anilines is 1. The summed E-state index contributed by atoms with van der Waals surface area (Å²) in [4.78, 5) is 29.3. The molecule has 0 bridgehead atoms. The number of hydrogen-bond donors (Lipinski definition) is 5. The number of hydrogen-bond acceptors (Lipinski definition) is 5. The lowest BCUT2D eigenvalue weighted by atomic mass is 10.1. The molecular weight excluding hydrogens is 364 g/mol. The van der Waals surface area contributed by atoms with Crippen LogP contribution in [-0.4, -0.2) is 57.0 Å². The quantitative estimate of drug-likeness (QED) is 0.370. The van der Waals surface area contributed by atoms with Crippen molar-refractivity contribution in [1.29, 1.82) is 0 Å². The first-order valence-corrected chi connectivity index (χ1v) is 8.76. The molecule has 1 heterocycles. The molecule has 0 aliphatic rings. The number of aromatic nitrogens is 2. The van der Waals surface area contributed by atoms with Crippen LogP contribution in [0.15, 0.2) is 47.3 Å². The topological polar surface area (TPSA) is 145 Å². The lowest BCUT2D eigenvalue weighted by Crippen LogP contribution is -2.40. The monoisotopic (exact) mass is 386 g/mol. The Hall–Kier alpha value is -3.46. The van der Waals surface area contributed by atoms with Gasteiger partial charge < -0.3 is 35.6 Å². The molecule has 0 aliphatic carbocycles.